The van der Waals surface area contributed by atoms with Gasteiger partial charge in [-0.05, 0) is 48.7 Å². The van der Waals surface area contributed by atoms with Gasteiger partial charge in [0.25, 0.3) is 10.0 Å². The number of benzene rings is 2. The highest BCUT2D eigenvalue weighted by Crippen LogP contribution is 2.22. The van der Waals surface area contributed by atoms with Crippen molar-refractivity contribution in [3.63, 3.8) is 0 Å². The van der Waals surface area contributed by atoms with Gasteiger partial charge in [-0.25, -0.2) is 8.42 Å². The van der Waals surface area contributed by atoms with Crippen molar-refractivity contribution in [3.05, 3.63) is 53.6 Å². The normalized spacial score (nSPS) is 11.3. The van der Waals surface area contributed by atoms with Crippen molar-refractivity contribution in [2.24, 2.45) is 0 Å². The van der Waals surface area contributed by atoms with Gasteiger partial charge in [-0.15, -0.1) is 0 Å². The van der Waals surface area contributed by atoms with Gasteiger partial charge in [-0.3, -0.25) is 4.72 Å². The highest BCUT2D eigenvalue weighted by atomic mass is 32.2. The first-order valence-electron chi connectivity index (χ1n) is 6.40. The Hall–Kier alpha value is -2.01. The predicted octanol–water partition coefficient (Wildman–Crippen LogP) is 2.94. The van der Waals surface area contributed by atoms with Crippen LogP contribution in [0.2, 0.25) is 0 Å². The molecule has 0 aromatic heterocycles. The fraction of sp³-hybridized carbons (Fsp3) is 0.200. The van der Waals surface area contributed by atoms with Crippen LogP contribution in [-0.4, -0.2) is 8.42 Å². The number of hydrogen-bond donors (Lipinski definition) is 2. The lowest BCUT2D eigenvalue weighted by Crippen LogP contribution is -2.15. The second-order valence-electron chi connectivity index (χ2n) is 4.70. The van der Waals surface area contributed by atoms with E-state index in [1.165, 1.54) is 0 Å². The quantitative estimate of drug-likeness (QED) is 0.850. The molecule has 0 amide bonds. The number of hydrogen-bond acceptors (Lipinski definition) is 3. The van der Waals surface area contributed by atoms with Gasteiger partial charge >= 0.3 is 0 Å². The summed E-state index contributed by atoms with van der Waals surface area (Å²) < 4.78 is 27.2. The molecule has 0 saturated heterocycles. The van der Waals surface area contributed by atoms with Crippen molar-refractivity contribution in [2.45, 2.75) is 25.2 Å². The van der Waals surface area contributed by atoms with Crippen molar-refractivity contribution in [1.82, 2.24) is 0 Å². The Morgan fingerprint density at radius 1 is 1.10 bits per heavy atom. The molecule has 0 unspecified atom stereocenters. The number of rotatable bonds is 4. The van der Waals surface area contributed by atoms with E-state index in [0.717, 1.165) is 17.5 Å². The minimum atomic E-state index is -3.66. The summed E-state index contributed by atoms with van der Waals surface area (Å²) in [7, 11) is -3.66. The molecule has 0 fully saturated rings. The summed E-state index contributed by atoms with van der Waals surface area (Å²) in [5.41, 5.74) is 8.53. The van der Waals surface area contributed by atoms with E-state index in [2.05, 4.69) is 4.72 Å². The first-order chi connectivity index (χ1) is 9.42. The molecule has 0 spiro atoms. The molecule has 0 bridgehead atoms. The van der Waals surface area contributed by atoms with E-state index in [9.17, 15) is 8.42 Å². The molecule has 0 saturated carbocycles. The summed E-state index contributed by atoms with van der Waals surface area (Å²) in [4.78, 5) is 0.108. The molecule has 2 aromatic carbocycles. The van der Waals surface area contributed by atoms with Crippen molar-refractivity contribution in [1.29, 1.82) is 0 Å². The van der Waals surface area contributed by atoms with Gasteiger partial charge in [0, 0.05) is 5.69 Å². The van der Waals surface area contributed by atoms with Crippen LogP contribution in [0.25, 0.3) is 0 Å². The SMILES string of the molecule is CCc1ccc(NS(=O)(=O)c2cc(C)ccc2N)cc1. The standard InChI is InChI=1S/C15H18N2O2S/c1-3-12-5-7-13(8-6-12)17-20(18,19)15-10-11(2)4-9-14(15)16/h4-10,17H,3,16H2,1-2H3. The number of nitrogens with one attached hydrogen (secondary N) is 1. The molecular weight excluding hydrogens is 272 g/mol. The third-order valence-corrected chi connectivity index (χ3v) is 4.51. The van der Waals surface area contributed by atoms with Crippen LogP contribution in [0.1, 0.15) is 18.1 Å². The summed E-state index contributed by atoms with van der Waals surface area (Å²) in [6, 6.07) is 12.3. The first kappa shape index (κ1) is 14.4. The Bertz CT molecular complexity index is 707. The van der Waals surface area contributed by atoms with Crippen LogP contribution in [0, 0.1) is 6.92 Å². The smallest absolute Gasteiger partial charge is 0.263 e. The van der Waals surface area contributed by atoms with E-state index in [-0.39, 0.29) is 10.6 Å². The maximum Gasteiger partial charge on any atom is 0.263 e. The van der Waals surface area contributed by atoms with Gasteiger partial charge in [0.15, 0.2) is 0 Å². The number of sulfonamides is 1. The highest BCUT2D eigenvalue weighted by molar-refractivity contribution is 7.92. The molecular formula is C15H18N2O2S. The second kappa shape index (κ2) is 5.54. The molecule has 2 aromatic rings. The summed E-state index contributed by atoms with van der Waals surface area (Å²) in [6.07, 6.45) is 0.915. The molecule has 20 heavy (non-hydrogen) atoms. The number of anilines is 2. The van der Waals surface area contributed by atoms with Crippen LogP contribution in [-0.2, 0) is 16.4 Å². The zero-order valence-electron chi connectivity index (χ0n) is 11.6. The lowest BCUT2D eigenvalue weighted by Gasteiger charge is -2.11. The zero-order chi connectivity index (χ0) is 14.8. The lowest BCUT2D eigenvalue weighted by atomic mass is 10.2. The topological polar surface area (TPSA) is 72.2 Å². The molecule has 4 nitrogen and oxygen atoms in total. The number of nitrogen functional groups attached to an aromatic ring is 1. The molecule has 106 valence electrons. The van der Waals surface area contributed by atoms with Gasteiger partial charge in [0.05, 0.1) is 5.69 Å². The zero-order valence-corrected chi connectivity index (χ0v) is 12.4. The molecule has 0 heterocycles. The molecule has 3 N–H and O–H groups in total. The van der Waals surface area contributed by atoms with Crippen LogP contribution in [0.4, 0.5) is 11.4 Å². The average Bonchev–Trinajstić information content (AvgIpc) is 2.42. The Morgan fingerprint density at radius 2 is 1.75 bits per heavy atom. The molecule has 0 atom stereocenters. The number of aryl methyl sites for hydroxylation is 2. The van der Waals surface area contributed by atoms with Crippen LogP contribution >= 0.6 is 0 Å². The monoisotopic (exact) mass is 290 g/mol. The van der Waals surface area contributed by atoms with Gasteiger partial charge in [0.1, 0.15) is 4.90 Å². The number of nitrogens with two attached hydrogens (primary N) is 1. The summed E-state index contributed by atoms with van der Waals surface area (Å²) in [5, 5.41) is 0. The van der Waals surface area contributed by atoms with Gasteiger partial charge < -0.3 is 5.73 Å². The summed E-state index contributed by atoms with van der Waals surface area (Å²) >= 11 is 0. The van der Waals surface area contributed by atoms with Gasteiger partial charge in [0.2, 0.25) is 0 Å². The molecule has 0 aliphatic carbocycles. The first-order valence-corrected chi connectivity index (χ1v) is 7.88. The van der Waals surface area contributed by atoms with E-state index >= 15 is 0 Å². The van der Waals surface area contributed by atoms with E-state index in [4.69, 9.17) is 5.73 Å². The van der Waals surface area contributed by atoms with Crippen molar-refractivity contribution in [2.75, 3.05) is 10.5 Å². The molecule has 0 radical (unpaired) electrons. The minimum absolute atomic E-state index is 0.108. The Kier molecular flexibility index (Phi) is 3.99. The molecule has 2 rings (SSSR count). The fourth-order valence-electron chi connectivity index (χ4n) is 1.89. The minimum Gasteiger partial charge on any atom is -0.398 e. The second-order valence-corrected chi connectivity index (χ2v) is 6.35. The third kappa shape index (κ3) is 3.11. The fourth-order valence-corrected chi connectivity index (χ4v) is 3.17. The lowest BCUT2D eigenvalue weighted by molar-refractivity contribution is 0.601. The maximum atomic E-state index is 12.3. The highest BCUT2D eigenvalue weighted by Gasteiger charge is 2.17. The van der Waals surface area contributed by atoms with Crippen LogP contribution in [0.15, 0.2) is 47.4 Å². The van der Waals surface area contributed by atoms with E-state index < -0.39 is 10.0 Å². The van der Waals surface area contributed by atoms with Gasteiger partial charge in [-0.2, -0.15) is 0 Å². The Balaban J connectivity index is 2.32. The van der Waals surface area contributed by atoms with E-state index in [0.29, 0.717) is 5.69 Å². The summed E-state index contributed by atoms with van der Waals surface area (Å²) in [6.45, 7) is 3.88. The summed E-state index contributed by atoms with van der Waals surface area (Å²) in [5.74, 6) is 0. The third-order valence-electron chi connectivity index (χ3n) is 3.07. The van der Waals surface area contributed by atoms with Crippen molar-refractivity contribution >= 4 is 21.4 Å². The van der Waals surface area contributed by atoms with E-state index in [1.54, 1.807) is 30.3 Å². The van der Waals surface area contributed by atoms with E-state index in [1.807, 2.05) is 26.0 Å². The molecule has 0 aliphatic rings. The van der Waals surface area contributed by atoms with Crippen molar-refractivity contribution in [3.8, 4) is 0 Å². The van der Waals surface area contributed by atoms with Crippen LogP contribution in [0.5, 0.6) is 0 Å². The molecule has 5 heteroatoms. The van der Waals surface area contributed by atoms with Crippen LogP contribution < -0.4 is 10.5 Å². The van der Waals surface area contributed by atoms with Crippen molar-refractivity contribution < 1.29 is 8.42 Å². The molecule has 0 aliphatic heterocycles. The average molecular weight is 290 g/mol. The van der Waals surface area contributed by atoms with Gasteiger partial charge in [-0.1, -0.05) is 25.1 Å². The maximum absolute atomic E-state index is 12.3. The van der Waals surface area contributed by atoms with Crippen LogP contribution in [0.3, 0.4) is 0 Å². The Labute approximate surface area is 119 Å². The largest absolute Gasteiger partial charge is 0.398 e. The predicted molar refractivity (Wildman–Crippen MR) is 82.2 cm³/mol. The Morgan fingerprint density at radius 3 is 2.35 bits per heavy atom.